The van der Waals surface area contributed by atoms with E-state index in [4.69, 9.17) is 9.47 Å². The number of carbonyl (C=O) groups excluding carboxylic acids is 2. The number of esters is 1. The number of methoxy groups -OCH3 is 1. The number of hydrogen-bond acceptors (Lipinski definition) is 4. The van der Waals surface area contributed by atoms with Gasteiger partial charge in [-0.2, -0.15) is 0 Å². The maximum atomic E-state index is 12.8. The van der Waals surface area contributed by atoms with Crippen LogP contribution in [-0.4, -0.2) is 40.3 Å². The Balaban J connectivity index is 1.86. The molecule has 3 rings (SSSR count). The number of nitrogens with zero attached hydrogens (tertiary/aromatic N) is 2. The van der Waals surface area contributed by atoms with Crippen LogP contribution < -0.4 is 0 Å². The lowest BCUT2D eigenvalue weighted by molar-refractivity contribution is -0.140. The van der Waals surface area contributed by atoms with Crippen molar-refractivity contribution in [1.29, 1.82) is 0 Å². The predicted octanol–water partition coefficient (Wildman–Crippen LogP) is 4.80. The van der Waals surface area contributed by atoms with Crippen LogP contribution in [-0.2, 0) is 27.4 Å². The van der Waals surface area contributed by atoms with E-state index >= 15 is 0 Å². The Kier molecular flexibility index (Phi) is 6.20. The van der Waals surface area contributed by atoms with Crippen LogP contribution in [0.2, 0.25) is 0 Å². The average Bonchev–Trinajstić information content (AvgIpc) is 3.41. The lowest BCUT2D eigenvalue weighted by atomic mass is 10.1. The molecule has 29 heavy (non-hydrogen) atoms. The van der Waals surface area contributed by atoms with E-state index in [2.05, 4.69) is 29.8 Å². The summed E-state index contributed by atoms with van der Waals surface area (Å²) in [6.45, 7) is 9.04. The van der Waals surface area contributed by atoms with E-state index in [0.29, 0.717) is 19.4 Å². The minimum Gasteiger partial charge on any atom is -0.469 e. The molecule has 1 aromatic carbocycles. The van der Waals surface area contributed by atoms with Crippen molar-refractivity contribution in [2.24, 2.45) is 0 Å². The van der Waals surface area contributed by atoms with Gasteiger partial charge in [0, 0.05) is 36.1 Å². The zero-order valence-electron chi connectivity index (χ0n) is 18.2. The normalized spacial score (nSPS) is 14.1. The highest BCUT2D eigenvalue weighted by molar-refractivity contribution is 5.87. The Labute approximate surface area is 172 Å². The third kappa shape index (κ3) is 5.31. The van der Waals surface area contributed by atoms with Crippen molar-refractivity contribution in [3.05, 3.63) is 35.5 Å². The summed E-state index contributed by atoms with van der Waals surface area (Å²) >= 11 is 0. The van der Waals surface area contributed by atoms with Crippen LogP contribution in [0.3, 0.4) is 0 Å². The number of aryl methyl sites for hydroxylation is 2. The van der Waals surface area contributed by atoms with Gasteiger partial charge in [-0.15, -0.1) is 0 Å². The lowest BCUT2D eigenvalue weighted by Gasteiger charge is -2.27. The molecule has 1 saturated carbocycles. The number of benzene rings is 1. The van der Waals surface area contributed by atoms with Gasteiger partial charge in [-0.3, -0.25) is 4.79 Å². The Bertz CT molecular complexity index is 890. The van der Waals surface area contributed by atoms with Gasteiger partial charge in [0.15, 0.2) is 0 Å². The average molecular weight is 401 g/mol. The summed E-state index contributed by atoms with van der Waals surface area (Å²) in [5.74, 6) is -0.192. The highest BCUT2D eigenvalue weighted by atomic mass is 16.6. The first-order chi connectivity index (χ1) is 13.7. The molecule has 0 saturated heterocycles. The Morgan fingerprint density at radius 1 is 1.24 bits per heavy atom. The summed E-state index contributed by atoms with van der Waals surface area (Å²) in [7, 11) is 1.41. The van der Waals surface area contributed by atoms with E-state index in [1.165, 1.54) is 18.1 Å². The minimum atomic E-state index is -0.512. The van der Waals surface area contributed by atoms with E-state index in [-0.39, 0.29) is 18.1 Å². The molecule has 0 spiro atoms. The number of carbonyl (C=O) groups is 2. The van der Waals surface area contributed by atoms with Crippen LogP contribution in [0.4, 0.5) is 4.79 Å². The number of rotatable bonds is 7. The summed E-state index contributed by atoms with van der Waals surface area (Å²) < 4.78 is 12.6. The van der Waals surface area contributed by atoms with Gasteiger partial charge in [0.1, 0.15) is 5.60 Å². The number of aromatic nitrogens is 1. The number of ether oxygens (including phenoxy) is 2. The molecule has 0 aliphatic heterocycles. The Hall–Kier alpha value is -2.50. The van der Waals surface area contributed by atoms with E-state index in [1.54, 1.807) is 0 Å². The van der Waals surface area contributed by atoms with Crippen molar-refractivity contribution < 1.29 is 19.1 Å². The molecule has 0 unspecified atom stereocenters. The second-order valence-electron chi connectivity index (χ2n) is 8.84. The molecular weight excluding hydrogens is 368 g/mol. The highest BCUT2D eigenvalue weighted by Gasteiger charge is 2.35. The molecule has 0 radical (unpaired) electrons. The van der Waals surface area contributed by atoms with Gasteiger partial charge in [-0.05, 0) is 64.2 Å². The van der Waals surface area contributed by atoms with Crippen LogP contribution in [0.1, 0.15) is 57.6 Å². The van der Waals surface area contributed by atoms with Crippen molar-refractivity contribution in [3.63, 3.8) is 0 Å². The summed E-state index contributed by atoms with van der Waals surface area (Å²) in [5.41, 5.74) is 2.92. The van der Waals surface area contributed by atoms with Crippen molar-refractivity contribution in [2.75, 3.05) is 7.11 Å². The smallest absolute Gasteiger partial charge is 0.410 e. The van der Waals surface area contributed by atoms with Crippen LogP contribution >= 0.6 is 0 Å². The first-order valence-corrected chi connectivity index (χ1v) is 10.3. The van der Waals surface area contributed by atoms with E-state index in [9.17, 15) is 9.59 Å². The Morgan fingerprint density at radius 3 is 2.59 bits per heavy atom. The van der Waals surface area contributed by atoms with E-state index in [0.717, 1.165) is 30.5 Å². The first-order valence-electron chi connectivity index (χ1n) is 10.3. The fourth-order valence-electron chi connectivity index (χ4n) is 3.67. The Morgan fingerprint density at radius 2 is 1.97 bits per heavy atom. The van der Waals surface area contributed by atoms with Gasteiger partial charge in [0.2, 0.25) is 0 Å². The molecule has 1 heterocycles. The van der Waals surface area contributed by atoms with Crippen molar-refractivity contribution in [3.8, 4) is 0 Å². The van der Waals surface area contributed by atoms with Gasteiger partial charge >= 0.3 is 12.1 Å². The third-order valence-corrected chi connectivity index (χ3v) is 5.16. The first kappa shape index (κ1) is 21.2. The van der Waals surface area contributed by atoms with Crippen molar-refractivity contribution in [1.82, 2.24) is 9.47 Å². The topological polar surface area (TPSA) is 60.8 Å². The van der Waals surface area contributed by atoms with E-state index < -0.39 is 5.60 Å². The second-order valence-corrected chi connectivity index (χ2v) is 8.84. The van der Waals surface area contributed by atoms with Gasteiger partial charge in [-0.1, -0.05) is 12.1 Å². The fraction of sp³-hybridized carbons (Fsp3) is 0.565. The summed E-state index contributed by atoms with van der Waals surface area (Å²) in [6, 6.07) is 6.50. The molecule has 0 atom stereocenters. The second kappa shape index (κ2) is 8.47. The molecular formula is C23H32N2O4. The molecule has 0 N–H and O–H groups in total. The van der Waals surface area contributed by atoms with Gasteiger partial charge in [-0.25, -0.2) is 4.79 Å². The van der Waals surface area contributed by atoms with Crippen molar-refractivity contribution in [2.45, 2.75) is 78.1 Å². The lowest BCUT2D eigenvalue weighted by Crippen LogP contribution is -2.37. The summed E-state index contributed by atoms with van der Waals surface area (Å²) in [6.07, 6.45) is 5.02. The van der Waals surface area contributed by atoms with Crippen LogP contribution in [0.5, 0.6) is 0 Å². The monoisotopic (exact) mass is 400 g/mol. The van der Waals surface area contributed by atoms with Crippen LogP contribution in [0, 0.1) is 6.92 Å². The van der Waals surface area contributed by atoms with Crippen LogP contribution in [0.15, 0.2) is 24.4 Å². The molecule has 6 heteroatoms. The number of amides is 1. The molecule has 1 aromatic heterocycles. The molecule has 1 amide bonds. The largest absolute Gasteiger partial charge is 0.469 e. The van der Waals surface area contributed by atoms with E-state index in [1.807, 2.05) is 31.7 Å². The number of fused-ring (bicyclic) bond motifs is 1. The van der Waals surface area contributed by atoms with Crippen LogP contribution in [0.25, 0.3) is 10.9 Å². The van der Waals surface area contributed by atoms with Gasteiger partial charge in [0.05, 0.1) is 13.7 Å². The zero-order valence-corrected chi connectivity index (χ0v) is 18.2. The van der Waals surface area contributed by atoms with Gasteiger partial charge < -0.3 is 18.9 Å². The summed E-state index contributed by atoms with van der Waals surface area (Å²) in [5, 5.41) is 1.18. The molecule has 0 bridgehead atoms. The quantitative estimate of drug-likeness (QED) is 0.626. The molecule has 1 aliphatic carbocycles. The fourth-order valence-corrected chi connectivity index (χ4v) is 3.67. The van der Waals surface area contributed by atoms with Crippen molar-refractivity contribution >= 4 is 23.0 Å². The molecule has 1 fully saturated rings. The third-order valence-electron chi connectivity index (χ3n) is 5.16. The summed E-state index contributed by atoms with van der Waals surface area (Å²) in [4.78, 5) is 26.1. The van der Waals surface area contributed by atoms with Gasteiger partial charge in [0.25, 0.3) is 0 Å². The standard InChI is InChI=1S/C23H32N2O4/c1-16-8-6-9-19-21(16)17(14-24(19)13-7-10-20(26)28-5)15-25(18-11-12-18)22(27)29-23(2,3)4/h6,8-9,14,18H,7,10-13,15H2,1-5H3. The SMILES string of the molecule is COC(=O)CCCn1cc(CN(C(=O)OC(C)(C)C)C2CC2)c2c(C)cccc21. The predicted molar refractivity (Wildman–Crippen MR) is 113 cm³/mol. The zero-order chi connectivity index (χ0) is 21.2. The number of hydrogen-bond donors (Lipinski definition) is 0. The molecule has 2 aromatic rings. The highest BCUT2D eigenvalue weighted by Crippen LogP contribution is 2.33. The molecule has 158 valence electrons. The minimum absolute atomic E-state index is 0.192. The molecule has 6 nitrogen and oxygen atoms in total. The maximum Gasteiger partial charge on any atom is 0.410 e. The maximum absolute atomic E-state index is 12.8. The molecule has 1 aliphatic rings.